The number of hydrogen-bond donors (Lipinski definition) is 0. The van der Waals surface area contributed by atoms with E-state index in [1.165, 1.54) is 0 Å². The molecular formula is C19H22N2O3S. The Labute approximate surface area is 151 Å². The second kappa shape index (κ2) is 6.77. The van der Waals surface area contributed by atoms with Crippen LogP contribution in [0.4, 0.5) is 0 Å². The number of hydrogen-bond acceptors (Lipinski definition) is 5. The van der Waals surface area contributed by atoms with Crippen molar-refractivity contribution in [3.05, 3.63) is 46.4 Å². The summed E-state index contributed by atoms with van der Waals surface area (Å²) >= 11 is 1.56. The molecule has 2 aromatic heterocycles. The summed E-state index contributed by atoms with van der Waals surface area (Å²) in [6.07, 6.45) is 5.41. The lowest BCUT2D eigenvalue weighted by atomic mass is 9.77. The molecule has 0 aliphatic carbocycles. The van der Waals surface area contributed by atoms with Crippen LogP contribution in [0.25, 0.3) is 0 Å². The van der Waals surface area contributed by atoms with E-state index in [0.29, 0.717) is 13.2 Å². The molecule has 4 rings (SSSR count). The van der Waals surface area contributed by atoms with Crippen molar-refractivity contribution in [1.82, 2.24) is 9.88 Å². The molecule has 0 saturated carbocycles. The molecule has 2 saturated heterocycles. The van der Waals surface area contributed by atoms with Crippen LogP contribution in [0.3, 0.4) is 0 Å². The first-order chi connectivity index (χ1) is 12.2. The topological polar surface area (TPSA) is 51.7 Å². The SMILES string of the molecule is Cc1ccc(C(=O)N2CC[C@H]3OCC[C@@]3(COc3cccnc3)C2)s1. The normalized spacial score (nSPS) is 25.6. The first-order valence-electron chi connectivity index (χ1n) is 8.66. The van der Waals surface area contributed by atoms with E-state index >= 15 is 0 Å². The molecule has 2 aromatic rings. The quantitative estimate of drug-likeness (QED) is 0.842. The number of nitrogens with zero attached hydrogens (tertiary/aromatic N) is 2. The van der Waals surface area contributed by atoms with E-state index in [0.717, 1.165) is 41.5 Å². The standard InChI is InChI=1S/C19H22N2O3S/c1-14-4-5-16(25-14)18(22)21-9-6-17-19(12-21,7-10-23-17)13-24-15-3-2-8-20-11-15/h2-5,8,11,17H,6-7,9-10,12-13H2,1H3/t17-,19+/m1/s1. The summed E-state index contributed by atoms with van der Waals surface area (Å²) in [5.74, 6) is 0.893. The minimum absolute atomic E-state index is 0.129. The Morgan fingerprint density at radius 1 is 1.48 bits per heavy atom. The number of ether oxygens (including phenoxy) is 2. The van der Waals surface area contributed by atoms with Crippen molar-refractivity contribution >= 4 is 17.2 Å². The Hall–Kier alpha value is -1.92. The molecule has 5 nitrogen and oxygen atoms in total. The first kappa shape index (κ1) is 16.5. The molecular weight excluding hydrogens is 336 g/mol. The zero-order chi connectivity index (χ0) is 17.3. The summed E-state index contributed by atoms with van der Waals surface area (Å²) in [7, 11) is 0. The molecule has 0 aromatic carbocycles. The highest BCUT2D eigenvalue weighted by Crippen LogP contribution is 2.41. The number of carbonyl (C=O) groups excluding carboxylic acids is 1. The van der Waals surface area contributed by atoms with Gasteiger partial charge in [-0.1, -0.05) is 0 Å². The Morgan fingerprint density at radius 3 is 3.16 bits per heavy atom. The predicted molar refractivity (Wildman–Crippen MR) is 96.1 cm³/mol. The van der Waals surface area contributed by atoms with E-state index in [1.807, 2.05) is 36.1 Å². The lowest BCUT2D eigenvalue weighted by Crippen LogP contribution is -2.54. The van der Waals surface area contributed by atoms with Crippen molar-refractivity contribution in [3.8, 4) is 5.75 Å². The highest BCUT2D eigenvalue weighted by molar-refractivity contribution is 7.13. The summed E-state index contributed by atoms with van der Waals surface area (Å²) in [6, 6.07) is 7.71. The average molecular weight is 358 g/mol. The molecule has 0 bridgehead atoms. The van der Waals surface area contributed by atoms with Gasteiger partial charge in [-0.05, 0) is 44.0 Å². The summed E-state index contributed by atoms with van der Waals surface area (Å²) in [5, 5.41) is 0. The number of aromatic nitrogens is 1. The van der Waals surface area contributed by atoms with E-state index in [-0.39, 0.29) is 17.4 Å². The number of thiophene rings is 1. The minimum atomic E-state index is -0.129. The van der Waals surface area contributed by atoms with Gasteiger partial charge in [-0.2, -0.15) is 0 Å². The van der Waals surface area contributed by atoms with Gasteiger partial charge in [0.25, 0.3) is 5.91 Å². The lowest BCUT2D eigenvalue weighted by molar-refractivity contribution is -0.0324. The molecule has 2 aliphatic heterocycles. The van der Waals surface area contributed by atoms with Crippen LogP contribution in [0.15, 0.2) is 36.7 Å². The number of amides is 1. The lowest BCUT2D eigenvalue weighted by Gasteiger charge is -2.43. The highest BCUT2D eigenvalue weighted by atomic mass is 32.1. The van der Waals surface area contributed by atoms with E-state index in [1.54, 1.807) is 23.7 Å². The van der Waals surface area contributed by atoms with Crippen molar-refractivity contribution in [2.24, 2.45) is 5.41 Å². The molecule has 6 heteroatoms. The maximum atomic E-state index is 12.9. The van der Waals surface area contributed by atoms with Crippen molar-refractivity contribution in [3.63, 3.8) is 0 Å². The molecule has 4 heterocycles. The minimum Gasteiger partial charge on any atom is -0.491 e. The van der Waals surface area contributed by atoms with Crippen LogP contribution < -0.4 is 4.74 Å². The van der Waals surface area contributed by atoms with Crippen molar-refractivity contribution in [2.45, 2.75) is 25.9 Å². The van der Waals surface area contributed by atoms with Crippen molar-refractivity contribution < 1.29 is 14.3 Å². The van der Waals surface area contributed by atoms with E-state index in [9.17, 15) is 4.79 Å². The summed E-state index contributed by atoms with van der Waals surface area (Å²) in [5.41, 5.74) is -0.129. The Balaban J connectivity index is 1.49. The first-order valence-corrected chi connectivity index (χ1v) is 9.48. The number of pyridine rings is 1. The Morgan fingerprint density at radius 2 is 2.40 bits per heavy atom. The second-order valence-corrected chi connectivity index (χ2v) is 8.16. The van der Waals surface area contributed by atoms with Gasteiger partial charge in [0, 0.05) is 30.8 Å². The zero-order valence-electron chi connectivity index (χ0n) is 14.3. The third kappa shape index (κ3) is 3.28. The van der Waals surface area contributed by atoms with Crippen molar-refractivity contribution in [2.75, 3.05) is 26.3 Å². The van der Waals surface area contributed by atoms with Gasteiger partial charge in [0.1, 0.15) is 5.75 Å². The van der Waals surface area contributed by atoms with Gasteiger partial charge < -0.3 is 14.4 Å². The number of rotatable bonds is 4. The highest BCUT2D eigenvalue weighted by Gasteiger charge is 2.49. The number of carbonyl (C=O) groups is 1. The van der Waals surface area contributed by atoms with Gasteiger partial charge in [0.15, 0.2) is 0 Å². The fourth-order valence-electron chi connectivity index (χ4n) is 3.79. The van der Waals surface area contributed by atoms with Gasteiger partial charge in [0.05, 0.1) is 29.2 Å². The molecule has 0 unspecified atom stereocenters. The third-order valence-corrected chi connectivity index (χ3v) is 6.16. The molecule has 2 atom stereocenters. The molecule has 2 aliphatic rings. The largest absolute Gasteiger partial charge is 0.491 e. The van der Waals surface area contributed by atoms with E-state index in [4.69, 9.17) is 9.47 Å². The van der Waals surface area contributed by atoms with Gasteiger partial charge in [-0.3, -0.25) is 9.78 Å². The number of piperidine rings is 1. The second-order valence-electron chi connectivity index (χ2n) is 6.87. The van der Waals surface area contributed by atoms with Gasteiger partial charge in [0.2, 0.25) is 0 Å². The number of aryl methyl sites for hydroxylation is 1. The Kier molecular flexibility index (Phi) is 4.48. The predicted octanol–water partition coefficient (Wildman–Crippen LogP) is 3.15. The monoisotopic (exact) mass is 358 g/mol. The van der Waals surface area contributed by atoms with Crippen LogP contribution in [0.1, 0.15) is 27.4 Å². The van der Waals surface area contributed by atoms with Crippen LogP contribution in [0.5, 0.6) is 5.75 Å². The third-order valence-electron chi connectivity index (χ3n) is 5.17. The Bertz CT molecular complexity index is 748. The number of likely N-dealkylation sites (tertiary alicyclic amines) is 1. The molecule has 0 radical (unpaired) electrons. The van der Waals surface area contributed by atoms with Gasteiger partial charge in [-0.15, -0.1) is 11.3 Å². The summed E-state index contributed by atoms with van der Waals surface area (Å²) < 4.78 is 12.0. The molecule has 0 spiro atoms. The van der Waals surface area contributed by atoms with E-state index < -0.39 is 0 Å². The van der Waals surface area contributed by atoms with Gasteiger partial charge >= 0.3 is 0 Å². The van der Waals surface area contributed by atoms with Crippen LogP contribution in [0, 0.1) is 12.3 Å². The van der Waals surface area contributed by atoms with Crippen LogP contribution >= 0.6 is 11.3 Å². The smallest absolute Gasteiger partial charge is 0.263 e. The van der Waals surface area contributed by atoms with Gasteiger partial charge in [-0.25, -0.2) is 0 Å². The summed E-state index contributed by atoms with van der Waals surface area (Å²) in [4.78, 5) is 20.9. The molecule has 25 heavy (non-hydrogen) atoms. The van der Waals surface area contributed by atoms with E-state index in [2.05, 4.69) is 4.98 Å². The fourth-order valence-corrected chi connectivity index (χ4v) is 4.63. The van der Waals surface area contributed by atoms with Crippen LogP contribution in [-0.2, 0) is 4.74 Å². The number of fused-ring (bicyclic) bond motifs is 1. The van der Waals surface area contributed by atoms with Crippen molar-refractivity contribution in [1.29, 1.82) is 0 Å². The molecule has 132 valence electrons. The average Bonchev–Trinajstić information content (AvgIpc) is 3.26. The summed E-state index contributed by atoms with van der Waals surface area (Å²) in [6.45, 7) is 4.75. The van der Waals surface area contributed by atoms with Crippen LogP contribution in [-0.4, -0.2) is 48.2 Å². The molecule has 2 fully saturated rings. The molecule has 1 amide bonds. The fraction of sp³-hybridized carbons (Fsp3) is 0.474. The molecule has 0 N–H and O–H groups in total. The van der Waals surface area contributed by atoms with Crippen LogP contribution in [0.2, 0.25) is 0 Å². The maximum Gasteiger partial charge on any atom is 0.263 e. The zero-order valence-corrected chi connectivity index (χ0v) is 15.1. The maximum absolute atomic E-state index is 12.9.